The van der Waals surface area contributed by atoms with Gasteiger partial charge in [-0.25, -0.2) is 4.99 Å². The molecule has 0 atom stereocenters. The number of carbonyl (C=O) groups is 1. The molecule has 140 valence electrons. The normalized spacial score (nSPS) is 16.0. The largest absolute Gasteiger partial charge is 0.379 e. The van der Waals surface area contributed by atoms with E-state index in [4.69, 9.17) is 4.99 Å². The number of rotatable bonds is 4. The van der Waals surface area contributed by atoms with Gasteiger partial charge in [-0.1, -0.05) is 18.2 Å². The number of β-lactam (4-membered cyclic amide) rings is 1. The summed E-state index contributed by atoms with van der Waals surface area (Å²) in [4.78, 5) is 20.8. The lowest BCUT2D eigenvalue weighted by molar-refractivity contribution is -0.122. The highest BCUT2D eigenvalue weighted by Gasteiger charge is 2.28. The molecule has 1 fully saturated rings. The van der Waals surface area contributed by atoms with Crippen molar-refractivity contribution in [2.24, 2.45) is 4.99 Å². The van der Waals surface area contributed by atoms with E-state index in [1.165, 1.54) is 16.7 Å². The zero-order chi connectivity index (χ0) is 19.1. The van der Waals surface area contributed by atoms with Crippen molar-refractivity contribution < 1.29 is 4.79 Å². The van der Waals surface area contributed by atoms with Gasteiger partial charge in [0.25, 0.3) is 0 Å². The molecular weight excluding hydrogens is 336 g/mol. The van der Waals surface area contributed by atoms with Gasteiger partial charge < -0.3 is 15.1 Å². The SMILES string of the molecule is CC1=Nc2c(cc(N3CCC3=O)cc2NCc2c(C)cccc2C)CN1C. The van der Waals surface area contributed by atoms with E-state index < -0.39 is 0 Å². The van der Waals surface area contributed by atoms with E-state index in [0.29, 0.717) is 6.42 Å². The third-order valence-corrected chi connectivity index (χ3v) is 5.67. The maximum Gasteiger partial charge on any atom is 0.228 e. The second-order valence-corrected chi connectivity index (χ2v) is 7.54. The number of carbonyl (C=O) groups excluding carboxylic acids is 1. The monoisotopic (exact) mass is 362 g/mol. The smallest absolute Gasteiger partial charge is 0.228 e. The molecule has 0 bridgehead atoms. The molecule has 4 rings (SSSR count). The van der Waals surface area contributed by atoms with Gasteiger partial charge in [-0.3, -0.25) is 4.79 Å². The number of aryl methyl sites for hydroxylation is 2. The lowest BCUT2D eigenvalue weighted by Gasteiger charge is -2.33. The summed E-state index contributed by atoms with van der Waals surface area (Å²) < 4.78 is 0. The van der Waals surface area contributed by atoms with Gasteiger partial charge in [0, 0.05) is 44.4 Å². The second-order valence-electron chi connectivity index (χ2n) is 7.54. The van der Waals surface area contributed by atoms with Gasteiger partial charge in [0.15, 0.2) is 0 Å². The van der Waals surface area contributed by atoms with Crippen LogP contribution in [-0.4, -0.2) is 30.2 Å². The number of hydrogen-bond acceptors (Lipinski definition) is 4. The van der Waals surface area contributed by atoms with E-state index in [1.807, 2.05) is 18.9 Å². The summed E-state index contributed by atoms with van der Waals surface area (Å²) in [7, 11) is 2.05. The Morgan fingerprint density at radius 2 is 1.89 bits per heavy atom. The van der Waals surface area contributed by atoms with Crippen LogP contribution in [0.1, 0.15) is 35.6 Å². The van der Waals surface area contributed by atoms with E-state index in [1.54, 1.807) is 0 Å². The molecule has 27 heavy (non-hydrogen) atoms. The van der Waals surface area contributed by atoms with Crippen LogP contribution in [-0.2, 0) is 17.9 Å². The van der Waals surface area contributed by atoms with Gasteiger partial charge in [0.2, 0.25) is 5.91 Å². The molecule has 2 aliphatic rings. The second kappa shape index (κ2) is 6.72. The molecule has 0 aromatic heterocycles. The fourth-order valence-electron chi connectivity index (χ4n) is 3.74. The summed E-state index contributed by atoms with van der Waals surface area (Å²) in [6.07, 6.45) is 0.638. The molecule has 0 aliphatic carbocycles. The number of hydrogen-bond donors (Lipinski definition) is 1. The summed E-state index contributed by atoms with van der Waals surface area (Å²) >= 11 is 0. The van der Waals surface area contributed by atoms with Crippen molar-refractivity contribution in [2.75, 3.05) is 23.8 Å². The first kappa shape index (κ1) is 17.6. The van der Waals surface area contributed by atoms with Crippen LogP contribution in [0.15, 0.2) is 35.3 Å². The van der Waals surface area contributed by atoms with Gasteiger partial charge in [0.1, 0.15) is 5.84 Å². The number of amidine groups is 1. The van der Waals surface area contributed by atoms with Gasteiger partial charge in [-0.2, -0.15) is 0 Å². The van der Waals surface area contributed by atoms with Crippen molar-refractivity contribution >= 4 is 28.8 Å². The molecular formula is C22H26N4O. The molecule has 0 saturated carbocycles. The number of nitrogens with one attached hydrogen (secondary N) is 1. The van der Waals surface area contributed by atoms with Crippen LogP contribution in [0.2, 0.25) is 0 Å². The molecule has 1 amide bonds. The van der Waals surface area contributed by atoms with Crippen molar-refractivity contribution in [2.45, 2.75) is 40.3 Å². The van der Waals surface area contributed by atoms with E-state index >= 15 is 0 Å². The molecule has 1 saturated heterocycles. The molecule has 2 heterocycles. The van der Waals surface area contributed by atoms with E-state index in [-0.39, 0.29) is 5.91 Å². The molecule has 0 spiro atoms. The van der Waals surface area contributed by atoms with Crippen molar-refractivity contribution in [1.29, 1.82) is 0 Å². The number of aliphatic imine (C=N–C) groups is 1. The topological polar surface area (TPSA) is 47.9 Å². The third-order valence-electron chi connectivity index (χ3n) is 5.67. The van der Waals surface area contributed by atoms with Gasteiger partial charge >= 0.3 is 0 Å². The first-order chi connectivity index (χ1) is 12.9. The number of fused-ring (bicyclic) bond motifs is 1. The minimum atomic E-state index is 0.194. The maximum atomic E-state index is 12.0. The van der Waals surface area contributed by atoms with E-state index in [2.05, 4.69) is 54.4 Å². The zero-order valence-electron chi connectivity index (χ0n) is 16.5. The number of nitrogens with zero attached hydrogens (tertiary/aromatic N) is 3. The lowest BCUT2D eigenvalue weighted by Crippen LogP contribution is -2.43. The average molecular weight is 362 g/mol. The highest BCUT2D eigenvalue weighted by Crippen LogP contribution is 2.39. The van der Waals surface area contributed by atoms with Crippen LogP contribution in [0, 0.1) is 13.8 Å². The Morgan fingerprint density at radius 3 is 2.52 bits per heavy atom. The minimum absolute atomic E-state index is 0.194. The Kier molecular flexibility index (Phi) is 4.38. The van der Waals surface area contributed by atoms with Crippen molar-refractivity contribution in [3.05, 3.63) is 52.6 Å². The van der Waals surface area contributed by atoms with Gasteiger partial charge in [0.05, 0.1) is 11.4 Å². The first-order valence-electron chi connectivity index (χ1n) is 9.46. The van der Waals surface area contributed by atoms with Crippen molar-refractivity contribution in [1.82, 2.24) is 4.90 Å². The number of anilines is 2. The van der Waals surface area contributed by atoms with Crippen molar-refractivity contribution in [3.63, 3.8) is 0 Å². The van der Waals surface area contributed by atoms with Crippen LogP contribution in [0.4, 0.5) is 17.1 Å². The highest BCUT2D eigenvalue weighted by atomic mass is 16.2. The first-order valence-corrected chi connectivity index (χ1v) is 9.46. The fourth-order valence-corrected chi connectivity index (χ4v) is 3.74. The Morgan fingerprint density at radius 1 is 1.15 bits per heavy atom. The summed E-state index contributed by atoms with van der Waals surface area (Å²) in [5.41, 5.74) is 7.99. The molecule has 0 unspecified atom stereocenters. The lowest BCUT2D eigenvalue weighted by atomic mass is 10.0. The fraction of sp³-hybridized carbons (Fsp3) is 0.364. The van der Waals surface area contributed by atoms with Crippen LogP contribution >= 0.6 is 0 Å². The summed E-state index contributed by atoms with van der Waals surface area (Å²) in [5.74, 6) is 1.20. The highest BCUT2D eigenvalue weighted by molar-refractivity contribution is 6.01. The third kappa shape index (κ3) is 3.18. The molecule has 5 heteroatoms. The maximum absolute atomic E-state index is 12.0. The van der Waals surface area contributed by atoms with E-state index in [9.17, 15) is 4.79 Å². The van der Waals surface area contributed by atoms with Gasteiger partial charge in [-0.05, 0) is 49.6 Å². The van der Waals surface area contributed by atoms with Crippen LogP contribution < -0.4 is 10.2 Å². The van der Waals surface area contributed by atoms with Crippen molar-refractivity contribution in [3.8, 4) is 0 Å². The summed E-state index contributed by atoms with van der Waals surface area (Å²) in [6.45, 7) is 8.67. The number of benzene rings is 2. The average Bonchev–Trinajstić information content (AvgIpc) is 2.61. The summed E-state index contributed by atoms with van der Waals surface area (Å²) in [6, 6.07) is 10.6. The molecule has 2 aromatic carbocycles. The molecule has 1 N–H and O–H groups in total. The predicted octanol–water partition coefficient (Wildman–Crippen LogP) is 4.15. The van der Waals surface area contributed by atoms with Crippen LogP contribution in [0.3, 0.4) is 0 Å². The standard InChI is InChI=1S/C22H26N4O/c1-14-6-5-7-15(2)19(14)12-23-20-11-18(26-9-8-21(26)27)10-17-13-25(4)16(3)24-22(17)20/h5-7,10-11,23H,8-9,12-13H2,1-4H3. The van der Waals surface area contributed by atoms with Crippen LogP contribution in [0.25, 0.3) is 0 Å². The van der Waals surface area contributed by atoms with Crippen LogP contribution in [0.5, 0.6) is 0 Å². The van der Waals surface area contributed by atoms with Gasteiger partial charge in [-0.15, -0.1) is 0 Å². The predicted molar refractivity (Wildman–Crippen MR) is 111 cm³/mol. The minimum Gasteiger partial charge on any atom is -0.379 e. The number of amides is 1. The summed E-state index contributed by atoms with van der Waals surface area (Å²) in [5, 5.41) is 3.60. The molecule has 2 aliphatic heterocycles. The molecule has 2 aromatic rings. The Bertz CT molecular complexity index is 927. The van der Waals surface area contributed by atoms with E-state index in [0.717, 1.165) is 48.1 Å². The zero-order valence-corrected chi connectivity index (χ0v) is 16.5. The Hall–Kier alpha value is -2.82. The Labute approximate surface area is 160 Å². The quantitative estimate of drug-likeness (QED) is 0.831. The Balaban J connectivity index is 1.71. The molecule has 0 radical (unpaired) electrons. The molecule has 5 nitrogen and oxygen atoms in total.